The number of aryl methyl sites for hydroxylation is 1. The Hall–Kier alpha value is -1.35. The zero-order valence-electron chi connectivity index (χ0n) is 10.6. The van der Waals surface area contributed by atoms with E-state index in [-0.39, 0.29) is 5.54 Å². The number of carbonyl (C=O) groups is 1. The number of para-hydroxylation sites is 1. The third-order valence-corrected chi connectivity index (χ3v) is 3.63. The molecule has 1 aromatic rings. The predicted octanol–water partition coefficient (Wildman–Crippen LogP) is 2.07. The highest BCUT2D eigenvalue weighted by Gasteiger charge is 2.33. The topological polar surface area (TPSA) is 32.3 Å². The van der Waals surface area contributed by atoms with Crippen molar-refractivity contribution in [1.29, 1.82) is 0 Å². The molecule has 0 amide bonds. The molecule has 0 unspecified atom stereocenters. The molecule has 0 radical (unpaired) electrons. The molecule has 1 fully saturated rings. The van der Waals surface area contributed by atoms with Gasteiger partial charge in [0.2, 0.25) is 0 Å². The van der Waals surface area contributed by atoms with Gasteiger partial charge in [0.1, 0.15) is 6.29 Å². The minimum Gasteiger partial charge on any atom is -0.373 e. The van der Waals surface area contributed by atoms with Gasteiger partial charge in [-0.3, -0.25) is 0 Å². The maximum Gasteiger partial charge on any atom is 0.145 e. The fourth-order valence-electron chi connectivity index (χ4n) is 2.27. The molecule has 1 aliphatic heterocycles. The number of hydrogen-bond donors (Lipinski definition) is 1. The highest BCUT2D eigenvalue weighted by Crippen LogP contribution is 2.26. The SMILES string of the molecule is Cc1ccccc1NC1(C=O)CCN(C)CC1. The molecule has 2 rings (SSSR count). The second-order valence-electron chi connectivity index (χ2n) is 5.02. The standard InChI is InChI=1S/C14H20N2O/c1-12-5-3-4-6-13(12)15-14(11-17)7-9-16(2)10-8-14/h3-6,11,15H,7-10H2,1-2H3. The first-order valence-corrected chi connectivity index (χ1v) is 6.14. The molecule has 0 saturated carbocycles. The van der Waals surface area contributed by atoms with Crippen molar-refractivity contribution in [3.8, 4) is 0 Å². The summed E-state index contributed by atoms with van der Waals surface area (Å²) in [5.41, 5.74) is 1.88. The van der Waals surface area contributed by atoms with Crippen LogP contribution in [0.1, 0.15) is 18.4 Å². The Labute approximate surface area is 103 Å². The van der Waals surface area contributed by atoms with E-state index in [9.17, 15) is 4.79 Å². The van der Waals surface area contributed by atoms with Crippen LogP contribution in [0.15, 0.2) is 24.3 Å². The van der Waals surface area contributed by atoms with E-state index < -0.39 is 0 Å². The summed E-state index contributed by atoms with van der Waals surface area (Å²) in [6.45, 7) is 4.00. The van der Waals surface area contributed by atoms with E-state index in [1.54, 1.807) is 0 Å². The molecule has 0 atom stereocenters. The van der Waals surface area contributed by atoms with Crippen molar-refractivity contribution in [3.63, 3.8) is 0 Å². The van der Waals surface area contributed by atoms with Crippen molar-refractivity contribution in [2.45, 2.75) is 25.3 Å². The molecule has 0 spiro atoms. The maximum atomic E-state index is 11.4. The molecule has 0 aromatic heterocycles. The number of anilines is 1. The highest BCUT2D eigenvalue weighted by molar-refractivity contribution is 5.72. The molecule has 3 heteroatoms. The van der Waals surface area contributed by atoms with E-state index in [2.05, 4.69) is 30.3 Å². The molecule has 1 aromatic carbocycles. The van der Waals surface area contributed by atoms with Gasteiger partial charge in [-0.1, -0.05) is 18.2 Å². The van der Waals surface area contributed by atoms with Crippen molar-refractivity contribution in [3.05, 3.63) is 29.8 Å². The van der Waals surface area contributed by atoms with Gasteiger partial charge in [-0.15, -0.1) is 0 Å². The average Bonchev–Trinajstić information content (AvgIpc) is 2.35. The van der Waals surface area contributed by atoms with Gasteiger partial charge in [-0.05, 0) is 38.4 Å². The maximum absolute atomic E-state index is 11.4. The van der Waals surface area contributed by atoms with Crippen LogP contribution in [0.25, 0.3) is 0 Å². The van der Waals surface area contributed by atoms with Crippen molar-refractivity contribution in [1.82, 2.24) is 4.90 Å². The second-order valence-corrected chi connectivity index (χ2v) is 5.02. The number of nitrogens with one attached hydrogen (secondary N) is 1. The number of carbonyl (C=O) groups excluding carboxylic acids is 1. The summed E-state index contributed by atoms with van der Waals surface area (Å²) < 4.78 is 0. The number of nitrogens with zero attached hydrogens (tertiary/aromatic N) is 1. The number of hydrogen-bond acceptors (Lipinski definition) is 3. The van der Waals surface area contributed by atoms with Gasteiger partial charge >= 0.3 is 0 Å². The van der Waals surface area contributed by atoms with Gasteiger partial charge < -0.3 is 15.0 Å². The van der Waals surface area contributed by atoms with E-state index >= 15 is 0 Å². The van der Waals surface area contributed by atoms with E-state index in [0.29, 0.717) is 0 Å². The van der Waals surface area contributed by atoms with Gasteiger partial charge in [-0.2, -0.15) is 0 Å². The summed E-state index contributed by atoms with van der Waals surface area (Å²) in [5.74, 6) is 0. The highest BCUT2D eigenvalue weighted by atomic mass is 16.1. The van der Waals surface area contributed by atoms with Gasteiger partial charge in [0, 0.05) is 18.8 Å². The van der Waals surface area contributed by atoms with Crippen LogP contribution in [-0.4, -0.2) is 36.9 Å². The molecule has 3 nitrogen and oxygen atoms in total. The lowest BCUT2D eigenvalue weighted by Crippen LogP contribution is -2.49. The smallest absolute Gasteiger partial charge is 0.145 e. The van der Waals surface area contributed by atoms with Crippen LogP contribution in [0.2, 0.25) is 0 Å². The normalized spacial score (nSPS) is 19.9. The van der Waals surface area contributed by atoms with Crippen LogP contribution in [0, 0.1) is 6.92 Å². The van der Waals surface area contributed by atoms with Crippen LogP contribution < -0.4 is 5.32 Å². The number of benzene rings is 1. The van der Waals surface area contributed by atoms with Crippen molar-refractivity contribution in [2.24, 2.45) is 0 Å². The lowest BCUT2D eigenvalue weighted by molar-refractivity contribution is -0.112. The first-order chi connectivity index (χ1) is 8.15. The van der Waals surface area contributed by atoms with Crippen LogP contribution >= 0.6 is 0 Å². The molecular weight excluding hydrogens is 212 g/mol. The largest absolute Gasteiger partial charge is 0.373 e. The van der Waals surface area contributed by atoms with Crippen LogP contribution in [0.5, 0.6) is 0 Å². The molecule has 0 bridgehead atoms. The fraction of sp³-hybridized carbons (Fsp3) is 0.500. The van der Waals surface area contributed by atoms with Crippen molar-refractivity contribution in [2.75, 3.05) is 25.5 Å². The molecule has 1 aliphatic rings. The Balaban J connectivity index is 2.15. The number of likely N-dealkylation sites (tertiary alicyclic amines) is 1. The Kier molecular flexibility index (Phi) is 3.48. The number of piperidine rings is 1. The van der Waals surface area contributed by atoms with E-state index in [1.165, 1.54) is 5.56 Å². The molecule has 1 N–H and O–H groups in total. The Morgan fingerprint density at radius 2 is 1.94 bits per heavy atom. The van der Waals surface area contributed by atoms with Gasteiger partial charge in [0.25, 0.3) is 0 Å². The second kappa shape index (κ2) is 4.88. The molecule has 92 valence electrons. The molecule has 17 heavy (non-hydrogen) atoms. The summed E-state index contributed by atoms with van der Waals surface area (Å²) in [7, 11) is 2.10. The van der Waals surface area contributed by atoms with E-state index in [4.69, 9.17) is 0 Å². The predicted molar refractivity (Wildman–Crippen MR) is 70.3 cm³/mol. The zero-order valence-corrected chi connectivity index (χ0v) is 10.6. The van der Waals surface area contributed by atoms with E-state index in [1.807, 2.05) is 18.2 Å². The minimum atomic E-state index is -0.376. The first-order valence-electron chi connectivity index (χ1n) is 6.14. The third-order valence-electron chi connectivity index (χ3n) is 3.63. The van der Waals surface area contributed by atoms with Gasteiger partial charge in [0.05, 0.1) is 5.54 Å². The molecule has 1 saturated heterocycles. The van der Waals surface area contributed by atoms with Gasteiger partial charge in [0.15, 0.2) is 0 Å². The lowest BCUT2D eigenvalue weighted by atomic mass is 9.88. The molecule has 1 heterocycles. The summed E-state index contributed by atoms with van der Waals surface area (Å²) in [4.78, 5) is 13.7. The Morgan fingerprint density at radius 3 is 2.53 bits per heavy atom. The van der Waals surface area contributed by atoms with Crippen molar-refractivity contribution < 1.29 is 4.79 Å². The zero-order chi connectivity index (χ0) is 12.3. The Morgan fingerprint density at radius 1 is 1.29 bits per heavy atom. The quantitative estimate of drug-likeness (QED) is 0.810. The first kappa shape index (κ1) is 12.1. The monoisotopic (exact) mass is 232 g/mol. The van der Waals surface area contributed by atoms with Crippen LogP contribution in [-0.2, 0) is 4.79 Å². The summed E-state index contributed by atoms with van der Waals surface area (Å²) in [5, 5.41) is 3.44. The number of aldehydes is 1. The molecular formula is C14H20N2O. The van der Waals surface area contributed by atoms with Crippen molar-refractivity contribution >= 4 is 12.0 Å². The lowest BCUT2D eigenvalue weighted by Gasteiger charge is -2.38. The Bertz CT molecular complexity index is 395. The summed E-state index contributed by atoms with van der Waals surface area (Å²) in [6, 6.07) is 8.13. The fourth-order valence-corrected chi connectivity index (χ4v) is 2.27. The van der Waals surface area contributed by atoms with Crippen LogP contribution in [0.3, 0.4) is 0 Å². The minimum absolute atomic E-state index is 0.376. The van der Waals surface area contributed by atoms with Gasteiger partial charge in [-0.25, -0.2) is 0 Å². The number of rotatable bonds is 3. The third kappa shape index (κ3) is 2.67. The van der Waals surface area contributed by atoms with Crippen LogP contribution in [0.4, 0.5) is 5.69 Å². The summed E-state index contributed by atoms with van der Waals surface area (Å²) in [6.07, 6.45) is 2.84. The van der Waals surface area contributed by atoms with E-state index in [0.717, 1.165) is 37.9 Å². The molecule has 0 aliphatic carbocycles. The average molecular weight is 232 g/mol. The summed E-state index contributed by atoms with van der Waals surface area (Å²) >= 11 is 0.